The van der Waals surface area contributed by atoms with Crippen molar-refractivity contribution in [3.05, 3.63) is 35.2 Å². The Kier molecular flexibility index (Phi) is 3.89. The number of rotatable bonds is 4. The fourth-order valence-corrected chi connectivity index (χ4v) is 3.54. The average molecular weight is 295 g/mol. The Hall–Kier alpha value is -1.27. The van der Waals surface area contributed by atoms with Crippen molar-refractivity contribution in [3.8, 4) is 11.5 Å². The molecule has 0 bridgehead atoms. The third-order valence-corrected chi connectivity index (χ3v) is 4.69. The highest BCUT2D eigenvalue weighted by atomic mass is 32.2. The maximum absolute atomic E-state index is 11.4. The van der Waals surface area contributed by atoms with Gasteiger partial charge in [-0.15, -0.1) is 0 Å². The highest BCUT2D eigenvalue weighted by molar-refractivity contribution is 8.15. The van der Waals surface area contributed by atoms with Gasteiger partial charge in [0.1, 0.15) is 0 Å². The van der Waals surface area contributed by atoms with Crippen LogP contribution in [0, 0.1) is 0 Å². The van der Waals surface area contributed by atoms with E-state index >= 15 is 0 Å². The first-order valence-corrected chi connectivity index (χ1v) is 7.80. The largest absolute Gasteiger partial charge is 0.454 e. The molecule has 6 heteroatoms. The van der Waals surface area contributed by atoms with E-state index in [0.717, 1.165) is 30.2 Å². The van der Waals surface area contributed by atoms with Gasteiger partial charge in [0.05, 0.1) is 0 Å². The van der Waals surface area contributed by atoms with Crippen LogP contribution in [0.1, 0.15) is 5.56 Å². The smallest absolute Gasteiger partial charge is 0.291 e. The summed E-state index contributed by atoms with van der Waals surface area (Å²) in [6.07, 6.45) is 2.87. The topological polar surface area (TPSA) is 38.8 Å². The van der Waals surface area contributed by atoms with E-state index in [-0.39, 0.29) is 5.24 Å². The fourth-order valence-electron chi connectivity index (χ4n) is 1.84. The lowest BCUT2D eigenvalue weighted by Gasteiger charge is -2.08. The summed E-state index contributed by atoms with van der Waals surface area (Å²) in [5.74, 6) is 2.51. The molecule has 1 aromatic carbocycles. The predicted molar refractivity (Wildman–Crippen MR) is 77.6 cm³/mol. The van der Waals surface area contributed by atoms with Crippen molar-refractivity contribution in [2.45, 2.75) is 6.42 Å². The molecule has 0 aromatic heterocycles. The van der Waals surface area contributed by atoms with Crippen LogP contribution in [0.5, 0.6) is 11.5 Å². The first-order chi connectivity index (χ1) is 9.33. The molecule has 2 heterocycles. The SMILES string of the molecule is O=C1SCCN1SC=CCc1ccc2c(c1)OCO2. The van der Waals surface area contributed by atoms with Gasteiger partial charge in [-0.1, -0.05) is 23.9 Å². The highest BCUT2D eigenvalue weighted by Gasteiger charge is 2.20. The van der Waals surface area contributed by atoms with Crippen molar-refractivity contribution in [3.63, 3.8) is 0 Å². The number of hydrogen-bond donors (Lipinski definition) is 0. The van der Waals surface area contributed by atoms with E-state index in [1.807, 2.05) is 23.6 Å². The Morgan fingerprint density at radius 2 is 2.26 bits per heavy atom. The first-order valence-electron chi connectivity index (χ1n) is 5.97. The van der Waals surface area contributed by atoms with Gasteiger partial charge in [0.2, 0.25) is 6.79 Å². The first kappa shape index (κ1) is 12.7. The molecule has 1 amide bonds. The van der Waals surface area contributed by atoms with Gasteiger partial charge in [-0.3, -0.25) is 9.10 Å². The molecule has 0 spiro atoms. The molecule has 0 unspecified atom stereocenters. The number of benzene rings is 1. The molecule has 0 aliphatic carbocycles. The summed E-state index contributed by atoms with van der Waals surface area (Å²) >= 11 is 2.84. The van der Waals surface area contributed by atoms with Gasteiger partial charge in [-0.2, -0.15) is 0 Å². The van der Waals surface area contributed by atoms with Crippen LogP contribution in [0.25, 0.3) is 0 Å². The summed E-state index contributed by atoms with van der Waals surface area (Å²) in [6, 6.07) is 5.95. The third kappa shape index (κ3) is 3.01. The number of carbonyl (C=O) groups is 1. The van der Waals surface area contributed by atoms with Crippen LogP contribution >= 0.6 is 23.7 Å². The molecule has 1 fully saturated rings. The average Bonchev–Trinajstić information content (AvgIpc) is 3.03. The van der Waals surface area contributed by atoms with Gasteiger partial charge in [-0.25, -0.2) is 0 Å². The number of fused-ring (bicyclic) bond motifs is 1. The molecule has 1 saturated heterocycles. The minimum Gasteiger partial charge on any atom is -0.454 e. The zero-order valence-corrected chi connectivity index (χ0v) is 11.8. The molecule has 0 N–H and O–H groups in total. The zero-order valence-electron chi connectivity index (χ0n) is 10.2. The molecule has 2 aliphatic heterocycles. The molecule has 0 saturated carbocycles. The Morgan fingerprint density at radius 3 is 3.11 bits per heavy atom. The van der Waals surface area contributed by atoms with Gasteiger partial charge >= 0.3 is 0 Å². The number of ether oxygens (including phenoxy) is 2. The minimum absolute atomic E-state index is 0.151. The second-order valence-electron chi connectivity index (χ2n) is 4.09. The molecule has 1 aromatic rings. The summed E-state index contributed by atoms with van der Waals surface area (Å²) in [4.78, 5) is 11.4. The van der Waals surface area contributed by atoms with Gasteiger partial charge in [0.25, 0.3) is 5.24 Å². The van der Waals surface area contributed by atoms with Gasteiger partial charge in [0, 0.05) is 12.3 Å². The van der Waals surface area contributed by atoms with Crippen LogP contribution < -0.4 is 9.47 Å². The number of hydrogen-bond acceptors (Lipinski definition) is 5. The van der Waals surface area contributed by atoms with Crippen molar-refractivity contribution in [1.82, 2.24) is 4.31 Å². The summed E-state index contributed by atoms with van der Waals surface area (Å²) in [6.45, 7) is 1.13. The van der Waals surface area contributed by atoms with Crippen LogP contribution in [0.3, 0.4) is 0 Å². The quantitative estimate of drug-likeness (QED) is 0.797. The summed E-state index contributed by atoms with van der Waals surface area (Å²) in [7, 11) is 0. The van der Waals surface area contributed by atoms with E-state index in [9.17, 15) is 4.79 Å². The van der Waals surface area contributed by atoms with Gasteiger partial charge < -0.3 is 9.47 Å². The Balaban J connectivity index is 1.53. The standard InChI is InChI=1S/C13H13NO3S2/c15-13-14(5-7-18-13)19-6-1-2-10-3-4-11-12(8-10)17-9-16-11/h1,3-4,6,8H,2,5,7,9H2. The molecular formula is C13H13NO3S2. The van der Waals surface area contributed by atoms with Crippen molar-refractivity contribution < 1.29 is 14.3 Å². The minimum atomic E-state index is 0.151. The van der Waals surface area contributed by atoms with E-state index < -0.39 is 0 Å². The van der Waals surface area contributed by atoms with Gasteiger partial charge in [0.15, 0.2) is 11.5 Å². The monoisotopic (exact) mass is 295 g/mol. The van der Waals surface area contributed by atoms with Crippen LogP contribution in [-0.2, 0) is 6.42 Å². The molecule has 0 radical (unpaired) electrons. The predicted octanol–water partition coefficient (Wildman–Crippen LogP) is 3.29. The Bertz CT molecular complexity index is 519. The normalized spacial score (nSPS) is 17.7. The van der Waals surface area contributed by atoms with Crippen molar-refractivity contribution in [2.24, 2.45) is 0 Å². The highest BCUT2D eigenvalue weighted by Crippen LogP contribution is 2.32. The van der Waals surface area contributed by atoms with E-state index in [0.29, 0.717) is 6.79 Å². The van der Waals surface area contributed by atoms with E-state index in [1.54, 1.807) is 4.31 Å². The third-order valence-electron chi connectivity index (χ3n) is 2.80. The number of amides is 1. The van der Waals surface area contributed by atoms with Crippen LogP contribution in [0.4, 0.5) is 4.79 Å². The molecule has 19 heavy (non-hydrogen) atoms. The van der Waals surface area contributed by atoms with Crippen molar-refractivity contribution in [2.75, 3.05) is 19.1 Å². The fraction of sp³-hybridized carbons (Fsp3) is 0.308. The molecule has 3 rings (SSSR count). The molecule has 2 aliphatic rings. The summed E-state index contributed by atoms with van der Waals surface area (Å²) < 4.78 is 12.4. The number of nitrogens with zero attached hydrogens (tertiary/aromatic N) is 1. The Morgan fingerprint density at radius 1 is 1.37 bits per heavy atom. The van der Waals surface area contributed by atoms with Crippen molar-refractivity contribution >= 4 is 28.9 Å². The molecular weight excluding hydrogens is 282 g/mol. The van der Waals surface area contributed by atoms with E-state index in [4.69, 9.17) is 9.47 Å². The number of carbonyl (C=O) groups excluding carboxylic acids is 1. The van der Waals surface area contributed by atoms with Crippen LogP contribution in [-0.4, -0.2) is 28.6 Å². The summed E-state index contributed by atoms with van der Waals surface area (Å²) in [5, 5.41) is 2.12. The Labute approximate surface area is 120 Å². The lowest BCUT2D eigenvalue weighted by Crippen LogP contribution is -2.12. The van der Waals surface area contributed by atoms with Gasteiger partial charge in [-0.05, 0) is 41.5 Å². The lowest BCUT2D eigenvalue weighted by atomic mass is 10.1. The van der Waals surface area contributed by atoms with Crippen LogP contribution in [0.15, 0.2) is 29.7 Å². The van der Waals surface area contributed by atoms with E-state index in [2.05, 4.69) is 6.08 Å². The van der Waals surface area contributed by atoms with Crippen molar-refractivity contribution in [1.29, 1.82) is 0 Å². The molecule has 4 nitrogen and oxygen atoms in total. The number of thioether (sulfide) groups is 1. The number of allylic oxidation sites excluding steroid dienone is 1. The maximum Gasteiger partial charge on any atom is 0.291 e. The van der Waals surface area contributed by atoms with Crippen LogP contribution in [0.2, 0.25) is 0 Å². The summed E-state index contributed by atoms with van der Waals surface area (Å²) in [5.41, 5.74) is 1.17. The van der Waals surface area contributed by atoms with E-state index in [1.165, 1.54) is 29.3 Å². The molecule has 0 atom stereocenters. The lowest BCUT2D eigenvalue weighted by molar-refractivity contribution is 0.174. The second kappa shape index (κ2) is 5.79. The zero-order chi connectivity index (χ0) is 13.1. The molecule has 100 valence electrons. The second-order valence-corrected chi connectivity index (χ2v) is 6.06. The maximum atomic E-state index is 11.4.